The Hall–Kier alpha value is -4.05. The Morgan fingerprint density at radius 3 is 2.42 bits per heavy atom. The molecule has 1 N–H and O–H groups in total. The molecule has 0 saturated carbocycles. The number of anilines is 1. The number of aliphatic hydroxyl groups excluding tert-OH is 1. The van der Waals surface area contributed by atoms with Crippen molar-refractivity contribution in [1.82, 2.24) is 9.97 Å². The van der Waals surface area contributed by atoms with E-state index in [1.165, 1.54) is 17.3 Å². The van der Waals surface area contributed by atoms with E-state index < -0.39 is 23.7 Å². The SMILES string of the molecule is CCOC(=O)c1sc(N2C(=O)C(=O)C(=C(O)c3ccc(OC(C)C)cc3)C2c2ccncc2)nc1C. The van der Waals surface area contributed by atoms with Crippen LogP contribution in [-0.2, 0) is 14.3 Å². The van der Waals surface area contributed by atoms with Crippen LogP contribution in [0.1, 0.15) is 53.3 Å². The lowest BCUT2D eigenvalue weighted by atomic mass is 9.96. The molecule has 1 aliphatic rings. The number of carbonyl (C=O) groups excluding carboxylic acids is 3. The summed E-state index contributed by atoms with van der Waals surface area (Å²) in [5.41, 5.74) is 1.19. The standard InChI is InChI=1S/C26H25N3O6S/c1-5-34-25(33)23-15(4)28-26(36-23)29-20(16-10-12-27-13-11-16)19(22(31)24(29)32)21(30)17-6-8-18(9-7-17)35-14(2)3/h6-14,20,30H,5H2,1-4H3. The highest BCUT2D eigenvalue weighted by atomic mass is 32.1. The van der Waals surface area contributed by atoms with Crippen LogP contribution in [0.15, 0.2) is 54.4 Å². The van der Waals surface area contributed by atoms with Crippen LogP contribution < -0.4 is 9.64 Å². The van der Waals surface area contributed by atoms with Gasteiger partial charge in [-0.3, -0.25) is 19.5 Å². The Balaban J connectivity index is 1.83. The van der Waals surface area contributed by atoms with Crippen molar-refractivity contribution in [2.75, 3.05) is 11.5 Å². The number of nitrogens with zero attached hydrogens (tertiary/aromatic N) is 3. The fraction of sp³-hybridized carbons (Fsp3) is 0.269. The molecule has 3 heterocycles. The third-order valence-corrected chi connectivity index (χ3v) is 6.55. The number of hydrogen-bond donors (Lipinski definition) is 1. The maximum atomic E-state index is 13.3. The van der Waals surface area contributed by atoms with E-state index in [0.717, 1.165) is 11.3 Å². The molecule has 4 rings (SSSR count). The molecule has 1 aliphatic heterocycles. The number of aromatic nitrogens is 2. The second-order valence-electron chi connectivity index (χ2n) is 8.27. The number of benzene rings is 1. The first-order valence-corrected chi connectivity index (χ1v) is 12.2. The zero-order valence-corrected chi connectivity index (χ0v) is 21.0. The number of aryl methyl sites for hydroxylation is 1. The largest absolute Gasteiger partial charge is 0.507 e. The maximum absolute atomic E-state index is 13.3. The molecule has 1 atom stereocenters. The van der Waals surface area contributed by atoms with Gasteiger partial charge < -0.3 is 14.6 Å². The number of hydrogen-bond acceptors (Lipinski definition) is 9. The van der Waals surface area contributed by atoms with Crippen molar-refractivity contribution in [2.45, 2.75) is 39.8 Å². The van der Waals surface area contributed by atoms with Gasteiger partial charge in [-0.2, -0.15) is 0 Å². The Kier molecular flexibility index (Phi) is 7.16. The Morgan fingerprint density at radius 1 is 1.14 bits per heavy atom. The minimum absolute atomic E-state index is 0.0253. The lowest BCUT2D eigenvalue weighted by molar-refractivity contribution is -0.132. The molecule has 9 nitrogen and oxygen atoms in total. The molecule has 36 heavy (non-hydrogen) atoms. The summed E-state index contributed by atoms with van der Waals surface area (Å²) in [6.45, 7) is 7.31. The zero-order chi connectivity index (χ0) is 26.0. The third-order valence-electron chi connectivity index (χ3n) is 5.42. The van der Waals surface area contributed by atoms with Gasteiger partial charge in [0, 0.05) is 18.0 Å². The summed E-state index contributed by atoms with van der Waals surface area (Å²) in [6, 6.07) is 8.95. The average molecular weight is 508 g/mol. The number of pyridine rings is 1. The van der Waals surface area contributed by atoms with Crippen LogP contribution >= 0.6 is 11.3 Å². The number of Topliss-reactive ketones (excluding diaryl/α,β-unsaturated/α-hetero) is 1. The number of carbonyl (C=O) groups is 3. The number of amides is 1. The van der Waals surface area contributed by atoms with Crippen LogP contribution in [0.3, 0.4) is 0 Å². The first-order valence-electron chi connectivity index (χ1n) is 11.4. The van der Waals surface area contributed by atoms with Crippen molar-refractivity contribution in [1.29, 1.82) is 0 Å². The molecule has 1 saturated heterocycles. The van der Waals surface area contributed by atoms with Crippen LogP contribution in [-0.4, -0.2) is 45.4 Å². The van der Waals surface area contributed by atoms with E-state index in [1.54, 1.807) is 50.2 Å². The Morgan fingerprint density at radius 2 is 1.81 bits per heavy atom. The summed E-state index contributed by atoms with van der Waals surface area (Å²) in [7, 11) is 0. The molecule has 0 aliphatic carbocycles. The first kappa shape index (κ1) is 25.1. The van der Waals surface area contributed by atoms with Gasteiger partial charge in [-0.1, -0.05) is 11.3 Å². The summed E-state index contributed by atoms with van der Waals surface area (Å²) in [6.07, 6.45) is 3.04. The van der Waals surface area contributed by atoms with Crippen molar-refractivity contribution in [3.05, 3.63) is 76.1 Å². The monoisotopic (exact) mass is 507 g/mol. The summed E-state index contributed by atoms with van der Waals surface area (Å²) in [5, 5.41) is 11.4. The molecule has 10 heteroatoms. The normalized spacial score (nSPS) is 17.0. The molecule has 0 bridgehead atoms. The van der Waals surface area contributed by atoms with Crippen molar-refractivity contribution in [3.63, 3.8) is 0 Å². The molecule has 186 valence electrons. The van der Waals surface area contributed by atoms with E-state index in [-0.39, 0.29) is 34.1 Å². The van der Waals surface area contributed by atoms with Crippen LogP contribution in [0.2, 0.25) is 0 Å². The lowest BCUT2D eigenvalue weighted by Crippen LogP contribution is -2.29. The van der Waals surface area contributed by atoms with E-state index in [0.29, 0.717) is 22.6 Å². The molecular weight excluding hydrogens is 482 g/mol. The maximum Gasteiger partial charge on any atom is 0.350 e. The van der Waals surface area contributed by atoms with Gasteiger partial charge in [0.05, 0.1) is 30.0 Å². The van der Waals surface area contributed by atoms with Gasteiger partial charge in [-0.15, -0.1) is 0 Å². The highest BCUT2D eigenvalue weighted by Crippen LogP contribution is 2.43. The molecule has 1 amide bonds. The van der Waals surface area contributed by atoms with Gasteiger partial charge in [-0.25, -0.2) is 9.78 Å². The number of aliphatic hydroxyl groups is 1. The predicted molar refractivity (Wildman–Crippen MR) is 134 cm³/mol. The summed E-state index contributed by atoms with van der Waals surface area (Å²) in [4.78, 5) is 48.8. The molecule has 2 aromatic heterocycles. The fourth-order valence-corrected chi connectivity index (χ4v) is 4.87. The van der Waals surface area contributed by atoms with E-state index in [1.807, 2.05) is 13.8 Å². The van der Waals surface area contributed by atoms with Gasteiger partial charge in [0.1, 0.15) is 16.4 Å². The highest BCUT2D eigenvalue weighted by Gasteiger charge is 2.48. The van der Waals surface area contributed by atoms with Gasteiger partial charge >= 0.3 is 11.9 Å². The van der Waals surface area contributed by atoms with Crippen molar-refractivity contribution in [3.8, 4) is 5.75 Å². The molecule has 0 spiro atoms. The number of ether oxygens (including phenoxy) is 2. The molecular formula is C26H25N3O6S. The van der Waals surface area contributed by atoms with Crippen LogP contribution in [0, 0.1) is 6.92 Å². The minimum atomic E-state index is -0.972. The highest BCUT2D eigenvalue weighted by molar-refractivity contribution is 7.17. The van der Waals surface area contributed by atoms with E-state index in [2.05, 4.69) is 9.97 Å². The summed E-state index contributed by atoms with van der Waals surface area (Å²) >= 11 is 0.957. The van der Waals surface area contributed by atoms with E-state index in [4.69, 9.17) is 9.47 Å². The number of thiazole rings is 1. The number of esters is 1. The van der Waals surface area contributed by atoms with Crippen molar-refractivity contribution < 1.29 is 29.0 Å². The van der Waals surface area contributed by atoms with Crippen LogP contribution in [0.25, 0.3) is 5.76 Å². The molecule has 0 radical (unpaired) electrons. The van der Waals surface area contributed by atoms with Crippen LogP contribution in [0.5, 0.6) is 5.75 Å². The van der Waals surface area contributed by atoms with Crippen molar-refractivity contribution >= 4 is 39.9 Å². The summed E-state index contributed by atoms with van der Waals surface area (Å²) in [5.74, 6) is -1.99. The van der Waals surface area contributed by atoms with Crippen LogP contribution in [0.4, 0.5) is 5.13 Å². The minimum Gasteiger partial charge on any atom is -0.507 e. The second-order valence-corrected chi connectivity index (χ2v) is 9.25. The van der Waals surface area contributed by atoms with E-state index in [9.17, 15) is 19.5 Å². The van der Waals surface area contributed by atoms with Gasteiger partial charge in [0.15, 0.2) is 5.13 Å². The predicted octanol–water partition coefficient (Wildman–Crippen LogP) is 4.44. The molecule has 1 fully saturated rings. The zero-order valence-electron chi connectivity index (χ0n) is 20.2. The Labute approximate surface area is 212 Å². The first-order chi connectivity index (χ1) is 17.2. The molecule has 1 aromatic carbocycles. The average Bonchev–Trinajstić information content (AvgIpc) is 3.36. The quantitative estimate of drug-likeness (QED) is 0.216. The topological polar surface area (TPSA) is 119 Å². The number of ketones is 1. The number of rotatable bonds is 7. The third kappa shape index (κ3) is 4.72. The van der Waals surface area contributed by atoms with Crippen molar-refractivity contribution in [2.24, 2.45) is 0 Å². The van der Waals surface area contributed by atoms with E-state index >= 15 is 0 Å². The van der Waals surface area contributed by atoms with Gasteiger partial charge in [0.2, 0.25) is 0 Å². The second kappa shape index (κ2) is 10.3. The van der Waals surface area contributed by atoms with Gasteiger partial charge in [0.25, 0.3) is 5.78 Å². The Bertz CT molecular complexity index is 1330. The smallest absolute Gasteiger partial charge is 0.350 e. The summed E-state index contributed by atoms with van der Waals surface area (Å²) < 4.78 is 10.7. The lowest BCUT2D eigenvalue weighted by Gasteiger charge is -2.22. The molecule has 3 aromatic rings. The fourth-order valence-electron chi connectivity index (χ4n) is 3.88. The van der Waals surface area contributed by atoms with Gasteiger partial charge in [-0.05, 0) is 69.7 Å². The molecule has 1 unspecified atom stereocenters.